The fraction of sp³-hybridized carbons (Fsp3) is 0.714. The van der Waals surface area contributed by atoms with Crippen molar-refractivity contribution in [2.24, 2.45) is 11.8 Å². The fourth-order valence-electron chi connectivity index (χ4n) is 1.72. The largest absolute Gasteiger partial charge is 0.316 e. The van der Waals surface area contributed by atoms with Crippen molar-refractivity contribution in [3.8, 4) is 0 Å². The molecule has 0 unspecified atom stereocenters. The van der Waals surface area contributed by atoms with E-state index in [0.29, 0.717) is 0 Å². The highest BCUT2D eigenvalue weighted by molar-refractivity contribution is 14.1. The van der Waals surface area contributed by atoms with Crippen LogP contribution in [0.2, 0.25) is 0 Å². The maximum Gasteiger partial charge on any atom is 0.00179 e. The van der Waals surface area contributed by atoms with E-state index in [2.05, 4.69) is 34.0 Å². The lowest BCUT2D eigenvalue weighted by Crippen LogP contribution is -2.08. The molecule has 1 nitrogen and oxygen atoms in total. The van der Waals surface area contributed by atoms with E-state index in [4.69, 9.17) is 0 Å². The van der Waals surface area contributed by atoms with Crippen molar-refractivity contribution >= 4 is 22.6 Å². The average molecular weight is 235 g/mol. The third kappa shape index (κ3) is 1.03. The van der Waals surface area contributed by atoms with Crippen LogP contribution in [0.1, 0.15) is 6.42 Å². The minimum Gasteiger partial charge on any atom is -0.316 e. The second-order valence-corrected chi connectivity index (χ2v) is 4.29. The van der Waals surface area contributed by atoms with Crippen molar-refractivity contribution < 1.29 is 0 Å². The van der Waals surface area contributed by atoms with Crippen molar-refractivity contribution in [3.63, 3.8) is 0 Å². The number of allylic oxidation sites excluding steroid dienone is 1. The Morgan fingerprint density at radius 1 is 1.56 bits per heavy atom. The van der Waals surface area contributed by atoms with Gasteiger partial charge in [0.15, 0.2) is 0 Å². The summed E-state index contributed by atoms with van der Waals surface area (Å²) < 4.78 is 1.57. The Labute approximate surface area is 69.0 Å². The van der Waals surface area contributed by atoms with Crippen LogP contribution in [-0.4, -0.2) is 13.1 Å². The van der Waals surface area contributed by atoms with Crippen molar-refractivity contribution in [2.45, 2.75) is 6.42 Å². The first-order valence-corrected chi connectivity index (χ1v) is 4.51. The normalized spacial score (nSPS) is 40.8. The van der Waals surface area contributed by atoms with Gasteiger partial charge in [0.25, 0.3) is 0 Å². The fourth-order valence-corrected chi connectivity index (χ4v) is 2.75. The summed E-state index contributed by atoms with van der Waals surface area (Å²) in [6.45, 7) is 2.46. The lowest BCUT2D eigenvalue weighted by Gasteiger charge is -2.03. The first kappa shape index (κ1) is 6.16. The molecule has 1 aliphatic heterocycles. The Morgan fingerprint density at radius 2 is 2.44 bits per heavy atom. The number of hydrogen-bond acceptors (Lipinski definition) is 1. The van der Waals surface area contributed by atoms with Crippen LogP contribution in [0, 0.1) is 11.8 Å². The summed E-state index contributed by atoms with van der Waals surface area (Å²) in [5.41, 5.74) is 0. The van der Waals surface area contributed by atoms with E-state index >= 15 is 0 Å². The molecule has 50 valence electrons. The topological polar surface area (TPSA) is 12.0 Å². The van der Waals surface area contributed by atoms with Crippen LogP contribution in [0.25, 0.3) is 0 Å². The van der Waals surface area contributed by atoms with Crippen LogP contribution >= 0.6 is 22.6 Å². The second-order valence-electron chi connectivity index (χ2n) is 2.90. The summed E-state index contributed by atoms with van der Waals surface area (Å²) in [7, 11) is 0. The van der Waals surface area contributed by atoms with E-state index in [0.717, 1.165) is 11.8 Å². The van der Waals surface area contributed by atoms with Crippen LogP contribution in [0.4, 0.5) is 0 Å². The van der Waals surface area contributed by atoms with Crippen LogP contribution in [-0.2, 0) is 0 Å². The van der Waals surface area contributed by atoms with Gasteiger partial charge >= 0.3 is 0 Å². The van der Waals surface area contributed by atoms with E-state index in [1.54, 1.807) is 3.58 Å². The molecule has 0 aromatic rings. The lowest BCUT2D eigenvalue weighted by molar-refractivity contribution is 0.533. The Kier molecular flexibility index (Phi) is 1.53. The number of hydrogen-bond donors (Lipinski definition) is 1. The van der Waals surface area contributed by atoms with Gasteiger partial charge in [0, 0.05) is 6.54 Å². The first-order valence-electron chi connectivity index (χ1n) is 3.43. The van der Waals surface area contributed by atoms with Crippen LogP contribution in [0.3, 0.4) is 0 Å². The van der Waals surface area contributed by atoms with Crippen LogP contribution in [0.5, 0.6) is 0 Å². The Hall–Kier alpha value is 0.430. The zero-order valence-electron chi connectivity index (χ0n) is 5.23. The van der Waals surface area contributed by atoms with E-state index in [9.17, 15) is 0 Å². The molecule has 2 aliphatic rings. The number of nitrogens with one attached hydrogen (secondary N) is 1. The van der Waals surface area contributed by atoms with E-state index in [-0.39, 0.29) is 0 Å². The third-order valence-corrected chi connectivity index (χ3v) is 3.04. The molecule has 1 N–H and O–H groups in total. The predicted octanol–water partition coefficient (Wildman–Crippen LogP) is 1.54. The molecular formula is C7H10IN. The minimum atomic E-state index is 0.872. The van der Waals surface area contributed by atoms with Gasteiger partial charge < -0.3 is 5.32 Å². The van der Waals surface area contributed by atoms with Gasteiger partial charge in [-0.2, -0.15) is 0 Å². The third-order valence-electron chi connectivity index (χ3n) is 2.24. The van der Waals surface area contributed by atoms with Crippen LogP contribution in [0.15, 0.2) is 9.66 Å². The first-order chi connectivity index (χ1) is 4.36. The molecule has 1 aliphatic carbocycles. The molecule has 0 amide bonds. The molecule has 9 heavy (non-hydrogen) atoms. The van der Waals surface area contributed by atoms with Crippen molar-refractivity contribution in [1.82, 2.24) is 5.32 Å². The Bertz CT molecular complexity index is 153. The van der Waals surface area contributed by atoms with Gasteiger partial charge in [0.2, 0.25) is 0 Å². The zero-order valence-corrected chi connectivity index (χ0v) is 7.39. The summed E-state index contributed by atoms with van der Waals surface area (Å²) in [5.74, 6) is 1.81. The highest BCUT2D eigenvalue weighted by atomic mass is 127. The molecule has 1 saturated heterocycles. The molecule has 0 aromatic heterocycles. The molecule has 0 aromatic carbocycles. The van der Waals surface area contributed by atoms with E-state index in [1.165, 1.54) is 19.5 Å². The zero-order chi connectivity index (χ0) is 6.27. The molecular weight excluding hydrogens is 225 g/mol. The highest BCUT2D eigenvalue weighted by Gasteiger charge is 2.30. The van der Waals surface area contributed by atoms with Crippen molar-refractivity contribution in [1.29, 1.82) is 0 Å². The Balaban J connectivity index is 2.13. The molecule has 2 atom stereocenters. The molecule has 0 saturated carbocycles. The maximum absolute atomic E-state index is 3.40. The Morgan fingerprint density at radius 3 is 3.22 bits per heavy atom. The number of fused-ring (bicyclic) bond motifs is 1. The van der Waals surface area contributed by atoms with Gasteiger partial charge in [-0.3, -0.25) is 0 Å². The lowest BCUT2D eigenvalue weighted by atomic mass is 10.0. The van der Waals surface area contributed by atoms with Crippen molar-refractivity contribution in [3.05, 3.63) is 9.66 Å². The van der Waals surface area contributed by atoms with Gasteiger partial charge in [0.1, 0.15) is 0 Å². The second kappa shape index (κ2) is 2.23. The van der Waals surface area contributed by atoms with Gasteiger partial charge in [-0.15, -0.1) is 0 Å². The molecule has 2 heteroatoms. The monoisotopic (exact) mass is 235 g/mol. The molecule has 0 radical (unpaired) electrons. The maximum atomic E-state index is 3.40. The van der Waals surface area contributed by atoms with Gasteiger partial charge in [-0.05, 0) is 51.0 Å². The van der Waals surface area contributed by atoms with E-state index < -0.39 is 0 Å². The number of rotatable bonds is 0. The summed E-state index contributed by atoms with van der Waals surface area (Å²) in [6.07, 6.45) is 3.75. The van der Waals surface area contributed by atoms with Crippen molar-refractivity contribution in [2.75, 3.05) is 13.1 Å². The highest BCUT2D eigenvalue weighted by Crippen LogP contribution is 2.35. The summed E-state index contributed by atoms with van der Waals surface area (Å²) in [4.78, 5) is 0. The smallest absolute Gasteiger partial charge is 0.00179 e. The molecule has 2 rings (SSSR count). The standard InChI is InChI=1S/C7H10IN/c8-7-1-5-3-9-4-6(5)2-7/h1,5-6,9H,2-4H2/t5-,6+/m1/s1. The van der Waals surface area contributed by atoms with Gasteiger partial charge in [-0.1, -0.05) is 6.08 Å². The number of halogens is 1. The van der Waals surface area contributed by atoms with Gasteiger partial charge in [-0.25, -0.2) is 0 Å². The molecule has 1 fully saturated rings. The summed E-state index contributed by atoms with van der Waals surface area (Å²) in [6, 6.07) is 0. The van der Waals surface area contributed by atoms with E-state index in [1.807, 2.05) is 0 Å². The predicted molar refractivity (Wildman–Crippen MR) is 46.6 cm³/mol. The van der Waals surface area contributed by atoms with Crippen LogP contribution < -0.4 is 5.32 Å². The molecule has 1 heterocycles. The molecule has 0 bridgehead atoms. The SMILES string of the molecule is IC1=C[C@@H]2CNC[C@@H]2C1. The quantitative estimate of drug-likeness (QED) is 0.628. The van der Waals surface area contributed by atoms with Gasteiger partial charge in [0.05, 0.1) is 0 Å². The summed E-state index contributed by atoms with van der Waals surface area (Å²) >= 11 is 2.45. The average Bonchev–Trinajstić information content (AvgIpc) is 2.22. The summed E-state index contributed by atoms with van der Waals surface area (Å²) in [5, 5.41) is 3.40. The minimum absolute atomic E-state index is 0.872. The molecule has 0 spiro atoms.